The molecule has 3 atom stereocenters. The minimum Gasteiger partial charge on any atom is -0.393 e. The maximum atomic E-state index is 13.3. The van der Waals surface area contributed by atoms with Crippen LogP contribution in [0.4, 0.5) is 4.39 Å². The van der Waals surface area contributed by atoms with Crippen LogP contribution in [-0.2, 0) is 4.74 Å². The first-order chi connectivity index (χ1) is 10.6. The summed E-state index contributed by atoms with van der Waals surface area (Å²) in [6.07, 6.45) is 1.91. The lowest BCUT2D eigenvalue weighted by Gasteiger charge is -2.37. The van der Waals surface area contributed by atoms with Crippen LogP contribution in [0.5, 0.6) is 0 Å². The Morgan fingerprint density at radius 1 is 1.41 bits per heavy atom. The zero-order valence-corrected chi connectivity index (χ0v) is 12.9. The van der Waals surface area contributed by atoms with Gasteiger partial charge < -0.3 is 14.7 Å². The fraction of sp³-hybridized carbons (Fsp3) is 0.562. The molecule has 1 aromatic carbocycles. The summed E-state index contributed by atoms with van der Waals surface area (Å²) in [6, 6.07) is 3.99. The molecule has 2 heterocycles. The fourth-order valence-electron chi connectivity index (χ4n) is 3.40. The predicted octanol–water partition coefficient (Wildman–Crippen LogP) is 2.48. The molecule has 2 fully saturated rings. The van der Waals surface area contributed by atoms with Crippen LogP contribution < -0.4 is 0 Å². The van der Waals surface area contributed by atoms with E-state index in [0.29, 0.717) is 31.7 Å². The maximum absolute atomic E-state index is 13.3. The number of amides is 1. The van der Waals surface area contributed by atoms with Gasteiger partial charge in [0.15, 0.2) is 0 Å². The molecule has 0 aromatic heterocycles. The van der Waals surface area contributed by atoms with Crippen molar-refractivity contribution in [2.45, 2.75) is 31.4 Å². The van der Waals surface area contributed by atoms with E-state index in [1.807, 2.05) is 0 Å². The molecule has 2 aliphatic heterocycles. The summed E-state index contributed by atoms with van der Waals surface area (Å²) in [6.45, 7) is 1.67. The van der Waals surface area contributed by atoms with E-state index in [1.165, 1.54) is 18.2 Å². The van der Waals surface area contributed by atoms with E-state index in [9.17, 15) is 14.3 Å². The van der Waals surface area contributed by atoms with Crippen LogP contribution >= 0.6 is 11.6 Å². The zero-order valence-electron chi connectivity index (χ0n) is 12.2. The molecule has 0 saturated carbocycles. The van der Waals surface area contributed by atoms with Gasteiger partial charge in [0.1, 0.15) is 5.82 Å². The Hall–Kier alpha value is -1.17. The number of carbonyl (C=O) groups excluding carboxylic acids is 1. The molecule has 3 unspecified atom stereocenters. The second-order valence-corrected chi connectivity index (χ2v) is 6.34. The van der Waals surface area contributed by atoms with Gasteiger partial charge in [-0.3, -0.25) is 4.79 Å². The standard InChI is InChI=1S/C16H19ClFNO3/c17-12-8-10(3-4-13(12)18)16(21)19-6-1-2-14(19)11-9-22-7-5-15(11)20/h3-4,8,11,14-15,20H,1-2,5-7,9H2. The number of rotatable bonds is 2. The zero-order chi connectivity index (χ0) is 15.7. The van der Waals surface area contributed by atoms with Gasteiger partial charge in [0.25, 0.3) is 5.91 Å². The fourth-order valence-corrected chi connectivity index (χ4v) is 3.58. The molecule has 0 radical (unpaired) electrons. The van der Waals surface area contributed by atoms with Crippen molar-refractivity contribution in [1.82, 2.24) is 4.90 Å². The van der Waals surface area contributed by atoms with E-state index in [1.54, 1.807) is 4.90 Å². The largest absolute Gasteiger partial charge is 0.393 e. The number of carbonyl (C=O) groups is 1. The summed E-state index contributed by atoms with van der Waals surface area (Å²) in [5.74, 6) is -0.759. The highest BCUT2D eigenvalue weighted by molar-refractivity contribution is 6.31. The molecular formula is C16H19ClFNO3. The second kappa shape index (κ2) is 6.52. The molecule has 4 nitrogen and oxygen atoms in total. The Bertz CT molecular complexity index is 568. The smallest absolute Gasteiger partial charge is 0.254 e. The minimum atomic E-state index is -0.535. The van der Waals surface area contributed by atoms with Crippen molar-refractivity contribution in [1.29, 1.82) is 0 Å². The van der Waals surface area contributed by atoms with Crippen molar-refractivity contribution in [3.05, 3.63) is 34.6 Å². The first-order valence-corrected chi connectivity index (χ1v) is 7.97. The molecule has 120 valence electrons. The SMILES string of the molecule is O=C(c1ccc(F)c(Cl)c1)N1CCCC1C1COCCC1O. The third kappa shape index (κ3) is 2.98. The highest BCUT2D eigenvalue weighted by Gasteiger charge is 2.39. The maximum Gasteiger partial charge on any atom is 0.254 e. The van der Waals surface area contributed by atoms with Gasteiger partial charge in [0, 0.05) is 30.7 Å². The van der Waals surface area contributed by atoms with Crippen LogP contribution in [0.2, 0.25) is 5.02 Å². The number of hydrogen-bond donors (Lipinski definition) is 1. The van der Waals surface area contributed by atoms with Gasteiger partial charge in [0.05, 0.1) is 17.7 Å². The van der Waals surface area contributed by atoms with Crippen molar-refractivity contribution in [2.75, 3.05) is 19.8 Å². The lowest BCUT2D eigenvalue weighted by Crippen LogP contribution is -2.48. The van der Waals surface area contributed by atoms with Gasteiger partial charge in [-0.25, -0.2) is 4.39 Å². The van der Waals surface area contributed by atoms with Crippen LogP contribution in [0.1, 0.15) is 29.6 Å². The molecule has 6 heteroatoms. The lowest BCUT2D eigenvalue weighted by molar-refractivity contribution is -0.0589. The Morgan fingerprint density at radius 3 is 2.95 bits per heavy atom. The minimum absolute atomic E-state index is 0.0355. The van der Waals surface area contributed by atoms with Crippen molar-refractivity contribution >= 4 is 17.5 Å². The highest BCUT2D eigenvalue weighted by Crippen LogP contribution is 2.31. The summed E-state index contributed by atoms with van der Waals surface area (Å²) in [5.41, 5.74) is 0.379. The Morgan fingerprint density at radius 2 is 2.23 bits per heavy atom. The van der Waals surface area contributed by atoms with E-state index in [4.69, 9.17) is 16.3 Å². The number of aliphatic hydroxyl groups is 1. The highest BCUT2D eigenvalue weighted by atomic mass is 35.5. The van der Waals surface area contributed by atoms with Gasteiger partial charge in [-0.2, -0.15) is 0 Å². The molecule has 2 aliphatic rings. The molecule has 2 saturated heterocycles. The summed E-state index contributed by atoms with van der Waals surface area (Å²) in [4.78, 5) is 14.5. The van der Waals surface area contributed by atoms with Crippen molar-refractivity contribution < 1.29 is 19.0 Å². The van der Waals surface area contributed by atoms with Gasteiger partial charge in [-0.1, -0.05) is 11.6 Å². The molecule has 0 bridgehead atoms. The Balaban J connectivity index is 1.79. The third-order valence-corrected chi connectivity index (χ3v) is 4.87. The molecular weight excluding hydrogens is 309 g/mol. The van der Waals surface area contributed by atoms with Crippen molar-refractivity contribution in [3.8, 4) is 0 Å². The second-order valence-electron chi connectivity index (χ2n) is 5.93. The molecule has 3 rings (SSSR count). The van der Waals surface area contributed by atoms with Gasteiger partial charge in [-0.05, 0) is 37.5 Å². The summed E-state index contributed by atoms with van der Waals surface area (Å²) < 4.78 is 18.7. The van der Waals surface area contributed by atoms with E-state index in [0.717, 1.165) is 12.8 Å². The Kier molecular flexibility index (Phi) is 4.66. The van der Waals surface area contributed by atoms with Gasteiger partial charge in [0.2, 0.25) is 0 Å². The molecule has 0 aliphatic carbocycles. The first-order valence-electron chi connectivity index (χ1n) is 7.60. The van der Waals surface area contributed by atoms with E-state index in [2.05, 4.69) is 0 Å². The van der Waals surface area contributed by atoms with Crippen LogP contribution in [0.15, 0.2) is 18.2 Å². The molecule has 22 heavy (non-hydrogen) atoms. The van der Waals surface area contributed by atoms with Gasteiger partial charge in [-0.15, -0.1) is 0 Å². The molecule has 0 spiro atoms. The van der Waals surface area contributed by atoms with E-state index in [-0.39, 0.29) is 22.9 Å². The topological polar surface area (TPSA) is 49.8 Å². The number of benzene rings is 1. The average molecular weight is 328 g/mol. The Labute approximate surface area is 133 Å². The molecule has 1 amide bonds. The number of likely N-dealkylation sites (tertiary alicyclic amines) is 1. The summed E-state index contributed by atoms with van der Waals surface area (Å²) in [7, 11) is 0. The number of nitrogens with zero attached hydrogens (tertiary/aromatic N) is 1. The van der Waals surface area contributed by atoms with Crippen LogP contribution in [-0.4, -0.2) is 47.8 Å². The van der Waals surface area contributed by atoms with Crippen molar-refractivity contribution in [3.63, 3.8) is 0 Å². The van der Waals surface area contributed by atoms with Crippen molar-refractivity contribution in [2.24, 2.45) is 5.92 Å². The number of hydrogen-bond acceptors (Lipinski definition) is 3. The number of aliphatic hydroxyl groups excluding tert-OH is 1. The van der Waals surface area contributed by atoms with Crippen LogP contribution in [0.25, 0.3) is 0 Å². The van der Waals surface area contributed by atoms with Gasteiger partial charge >= 0.3 is 0 Å². The monoisotopic (exact) mass is 327 g/mol. The third-order valence-electron chi connectivity index (χ3n) is 4.58. The first kappa shape index (κ1) is 15.7. The average Bonchev–Trinajstić information content (AvgIpc) is 2.99. The quantitative estimate of drug-likeness (QED) is 0.908. The predicted molar refractivity (Wildman–Crippen MR) is 80.4 cm³/mol. The molecule has 1 N–H and O–H groups in total. The normalized spacial score (nSPS) is 28.9. The van der Waals surface area contributed by atoms with E-state index < -0.39 is 11.9 Å². The van der Waals surface area contributed by atoms with Crippen LogP contribution in [0, 0.1) is 11.7 Å². The summed E-state index contributed by atoms with van der Waals surface area (Å²) >= 11 is 5.77. The summed E-state index contributed by atoms with van der Waals surface area (Å²) in [5, 5.41) is 10.1. The van der Waals surface area contributed by atoms with E-state index >= 15 is 0 Å². The number of halogens is 2. The molecule has 1 aromatic rings. The lowest BCUT2D eigenvalue weighted by atomic mass is 9.89. The van der Waals surface area contributed by atoms with Crippen LogP contribution in [0.3, 0.4) is 0 Å². The number of ether oxygens (including phenoxy) is 1.